The second-order valence-corrected chi connectivity index (χ2v) is 7.75. The average Bonchev–Trinajstić information content (AvgIpc) is 3.39. The van der Waals surface area contributed by atoms with Crippen molar-refractivity contribution in [2.45, 2.75) is 32.0 Å². The number of aromatic nitrogens is 4. The molecule has 152 valence electrons. The van der Waals surface area contributed by atoms with E-state index in [0.29, 0.717) is 5.95 Å². The third kappa shape index (κ3) is 5.19. The molecule has 1 N–H and O–H groups in total. The predicted molar refractivity (Wildman–Crippen MR) is 114 cm³/mol. The fourth-order valence-electron chi connectivity index (χ4n) is 3.63. The number of nitrogens with zero attached hydrogens (tertiary/aromatic N) is 5. The lowest BCUT2D eigenvalue weighted by Crippen LogP contribution is -2.19. The molecule has 7 nitrogen and oxygen atoms in total. The summed E-state index contributed by atoms with van der Waals surface area (Å²) in [7, 11) is 4.17. The van der Waals surface area contributed by atoms with Gasteiger partial charge in [-0.15, -0.1) is 0 Å². The van der Waals surface area contributed by atoms with E-state index in [2.05, 4.69) is 68.1 Å². The van der Waals surface area contributed by atoms with Crippen molar-refractivity contribution in [1.82, 2.24) is 24.4 Å². The van der Waals surface area contributed by atoms with Gasteiger partial charge in [0, 0.05) is 51.0 Å². The molecule has 2 aromatic heterocycles. The lowest BCUT2D eigenvalue weighted by molar-refractivity contribution is 0.120. The Labute approximate surface area is 171 Å². The Kier molecular flexibility index (Phi) is 6.17. The predicted octanol–water partition coefficient (Wildman–Crippen LogP) is 3.04. The highest BCUT2D eigenvalue weighted by atomic mass is 16.5. The lowest BCUT2D eigenvalue weighted by atomic mass is 10.1. The molecular formula is C22H28N6O. The van der Waals surface area contributed by atoms with E-state index in [1.54, 1.807) is 0 Å². The minimum absolute atomic E-state index is 0.264. The van der Waals surface area contributed by atoms with Crippen molar-refractivity contribution in [3.8, 4) is 11.4 Å². The molecule has 1 aromatic carbocycles. The SMILES string of the molecule is CN(C)Cc1cccc(Cn2ccnc2-c2cnc(NCC3CCCO3)nc2)c1. The van der Waals surface area contributed by atoms with E-state index in [-0.39, 0.29) is 6.10 Å². The Morgan fingerprint density at radius 3 is 2.76 bits per heavy atom. The second kappa shape index (κ2) is 9.15. The molecule has 1 unspecified atom stereocenters. The van der Waals surface area contributed by atoms with E-state index in [1.165, 1.54) is 11.1 Å². The van der Waals surface area contributed by atoms with Gasteiger partial charge in [0.15, 0.2) is 0 Å². The molecule has 0 aliphatic carbocycles. The van der Waals surface area contributed by atoms with Gasteiger partial charge in [-0.3, -0.25) is 0 Å². The molecular weight excluding hydrogens is 364 g/mol. The second-order valence-electron chi connectivity index (χ2n) is 7.75. The van der Waals surface area contributed by atoms with Crippen molar-refractivity contribution in [1.29, 1.82) is 0 Å². The summed E-state index contributed by atoms with van der Waals surface area (Å²) in [4.78, 5) is 15.6. The van der Waals surface area contributed by atoms with Crippen molar-refractivity contribution in [3.05, 3.63) is 60.2 Å². The first-order valence-corrected chi connectivity index (χ1v) is 10.1. The van der Waals surface area contributed by atoms with Gasteiger partial charge in [-0.1, -0.05) is 24.3 Å². The van der Waals surface area contributed by atoms with Crippen LogP contribution in [0.25, 0.3) is 11.4 Å². The number of anilines is 1. The van der Waals surface area contributed by atoms with Crippen molar-refractivity contribution in [3.63, 3.8) is 0 Å². The number of imidazole rings is 1. The smallest absolute Gasteiger partial charge is 0.222 e. The maximum absolute atomic E-state index is 5.63. The van der Waals surface area contributed by atoms with E-state index < -0.39 is 0 Å². The topological polar surface area (TPSA) is 68.1 Å². The first-order chi connectivity index (χ1) is 14.2. The van der Waals surface area contributed by atoms with Crippen LogP contribution in [0.15, 0.2) is 49.1 Å². The van der Waals surface area contributed by atoms with E-state index in [1.807, 2.05) is 24.8 Å². The van der Waals surface area contributed by atoms with Crippen LogP contribution in [0.3, 0.4) is 0 Å². The number of nitrogens with one attached hydrogen (secondary N) is 1. The minimum Gasteiger partial charge on any atom is -0.376 e. The Balaban J connectivity index is 1.43. The van der Waals surface area contributed by atoms with Gasteiger partial charge >= 0.3 is 0 Å². The van der Waals surface area contributed by atoms with Crippen molar-refractivity contribution >= 4 is 5.95 Å². The summed E-state index contributed by atoms with van der Waals surface area (Å²) in [5, 5.41) is 3.26. The highest BCUT2D eigenvalue weighted by Gasteiger charge is 2.15. The summed E-state index contributed by atoms with van der Waals surface area (Å²) in [5.41, 5.74) is 3.46. The van der Waals surface area contributed by atoms with Crippen molar-refractivity contribution in [2.24, 2.45) is 0 Å². The third-order valence-electron chi connectivity index (χ3n) is 4.98. The fraction of sp³-hybridized carbons (Fsp3) is 0.409. The van der Waals surface area contributed by atoms with Gasteiger partial charge in [0.05, 0.1) is 11.7 Å². The molecule has 3 aromatic rings. The van der Waals surface area contributed by atoms with E-state index in [4.69, 9.17) is 4.74 Å². The van der Waals surface area contributed by atoms with Gasteiger partial charge in [0.25, 0.3) is 0 Å². The van der Waals surface area contributed by atoms with Gasteiger partial charge in [0.2, 0.25) is 5.95 Å². The van der Waals surface area contributed by atoms with Gasteiger partial charge in [-0.25, -0.2) is 15.0 Å². The molecule has 0 radical (unpaired) electrons. The Morgan fingerprint density at radius 1 is 1.17 bits per heavy atom. The summed E-state index contributed by atoms with van der Waals surface area (Å²) in [6.07, 6.45) is 9.96. The van der Waals surface area contributed by atoms with Crippen LogP contribution >= 0.6 is 0 Å². The van der Waals surface area contributed by atoms with E-state index in [0.717, 1.165) is 50.5 Å². The first kappa shape index (κ1) is 19.5. The van der Waals surface area contributed by atoms with Crippen LogP contribution in [0.2, 0.25) is 0 Å². The monoisotopic (exact) mass is 392 g/mol. The molecule has 3 heterocycles. The normalized spacial score (nSPS) is 16.4. The first-order valence-electron chi connectivity index (χ1n) is 10.1. The zero-order valence-corrected chi connectivity index (χ0v) is 17.1. The van der Waals surface area contributed by atoms with Crippen LogP contribution < -0.4 is 5.32 Å². The van der Waals surface area contributed by atoms with Gasteiger partial charge in [-0.05, 0) is 38.1 Å². The number of ether oxygens (including phenoxy) is 1. The van der Waals surface area contributed by atoms with E-state index >= 15 is 0 Å². The van der Waals surface area contributed by atoms with E-state index in [9.17, 15) is 0 Å². The Hall–Kier alpha value is -2.77. The molecule has 0 spiro atoms. The maximum atomic E-state index is 5.63. The Bertz CT molecular complexity index is 915. The minimum atomic E-state index is 0.264. The number of hydrogen-bond donors (Lipinski definition) is 1. The molecule has 1 fully saturated rings. The third-order valence-corrected chi connectivity index (χ3v) is 4.98. The molecule has 1 aliphatic rings. The summed E-state index contributed by atoms with van der Waals surface area (Å²) in [6.45, 7) is 3.29. The maximum Gasteiger partial charge on any atom is 0.222 e. The molecule has 0 saturated carbocycles. The summed E-state index contributed by atoms with van der Waals surface area (Å²) < 4.78 is 7.76. The molecule has 0 amide bonds. The molecule has 4 rings (SSSR count). The molecule has 1 atom stereocenters. The quantitative estimate of drug-likeness (QED) is 0.636. The number of benzene rings is 1. The van der Waals surface area contributed by atoms with Crippen LogP contribution in [0, 0.1) is 0 Å². The summed E-state index contributed by atoms with van der Waals surface area (Å²) in [5.74, 6) is 1.49. The molecule has 7 heteroatoms. The molecule has 1 aliphatic heterocycles. The van der Waals surface area contributed by atoms with Crippen molar-refractivity contribution < 1.29 is 4.74 Å². The van der Waals surface area contributed by atoms with Gasteiger partial charge in [-0.2, -0.15) is 0 Å². The van der Waals surface area contributed by atoms with Crippen LogP contribution in [-0.4, -0.2) is 57.8 Å². The van der Waals surface area contributed by atoms with Gasteiger partial charge in [0.1, 0.15) is 5.82 Å². The number of hydrogen-bond acceptors (Lipinski definition) is 6. The average molecular weight is 393 g/mol. The molecule has 1 saturated heterocycles. The van der Waals surface area contributed by atoms with Crippen LogP contribution in [0.1, 0.15) is 24.0 Å². The standard InChI is InChI=1S/C22H28N6O/c1-27(2)15-17-5-3-6-18(11-17)16-28-9-8-23-21(28)19-12-24-22(25-13-19)26-14-20-7-4-10-29-20/h3,5-6,8-9,11-13,20H,4,7,10,14-16H2,1-2H3,(H,24,25,26). The molecule has 0 bridgehead atoms. The van der Waals surface area contributed by atoms with Gasteiger partial charge < -0.3 is 19.5 Å². The zero-order valence-electron chi connectivity index (χ0n) is 17.1. The largest absolute Gasteiger partial charge is 0.376 e. The molecule has 29 heavy (non-hydrogen) atoms. The fourth-order valence-corrected chi connectivity index (χ4v) is 3.63. The summed E-state index contributed by atoms with van der Waals surface area (Å²) in [6, 6.07) is 8.67. The van der Waals surface area contributed by atoms with Crippen LogP contribution in [0.4, 0.5) is 5.95 Å². The highest BCUT2D eigenvalue weighted by Crippen LogP contribution is 2.19. The highest BCUT2D eigenvalue weighted by molar-refractivity contribution is 5.54. The van der Waals surface area contributed by atoms with Crippen molar-refractivity contribution in [2.75, 3.05) is 32.6 Å². The lowest BCUT2D eigenvalue weighted by Gasteiger charge is -2.13. The summed E-state index contributed by atoms with van der Waals surface area (Å²) >= 11 is 0. The number of rotatable bonds is 8. The Morgan fingerprint density at radius 2 is 2.00 bits per heavy atom. The van der Waals surface area contributed by atoms with Crippen LogP contribution in [-0.2, 0) is 17.8 Å². The van der Waals surface area contributed by atoms with Crippen LogP contribution in [0.5, 0.6) is 0 Å². The zero-order chi connectivity index (χ0) is 20.1.